The van der Waals surface area contributed by atoms with Crippen LogP contribution in [0.4, 0.5) is 5.69 Å². The second-order valence-corrected chi connectivity index (χ2v) is 7.09. The average molecular weight is 321 g/mol. The highest BCUT2D eigenvalue weighted by Crippen LogP contribution is 2.43. The first kappa shape index (κ1) is 17.6. The smallest absolute Gasteiger partial charge is 0.190 e. The summed E-state index contributed by atoms with van der Waals surface area (Å²) in [6.45, 7) is 0. The van der Waals surface area contributed by atoms with Gasteiger partial charge in [0.25, 0.3) is 0 Å². The molecule has 0 atom stereocenters. The van der Waals surface area contributed by atoms with Crippen LogP contribution in [0.25, 0.3) is 0 Å². The van der Waals surface area contributed by atoms with E-state index in [9.17, 15) is 5.11 Å². The lowest BCUT2D eigenvalue weighted by Gasteiger charge is -2.29. The number of hydrogen-bond acceptors (Lipinski definition) is 6. The fourth-order valence-electron chi connectivity index (χ4n) is 1.53. The number of rotatable bonds is 9. The lowest BCUT2D eigenvalue weighted by atomic mass is 10.3. The number of nitrogens with zero attached hydrogens (tertiary/aromatic N) is 1. The predicted octanol–water partition coefficient (Wildman–Crippen LogP) is 3.32. The fourth-order valence-corrected chi connectivity index (χ4v) is 3.53. The molecule has 0 heterocycles. The van der Waals surface area contributed by atoms with E-state index < -0.39 is 16.8 Å². The standard InChI is InChI=1S/C12H21NO5P2/c1-15-19(16-2)9-13(10-20(17-3)18-4)11-5-7-12(14)8-6-11/h5-8,14H,9-10H2,1-4H3. The van der Waals surface area contributed by atoms with E-state index in [1.165, 1.54) is 0 Å². The van der Waals surface area contributed by atoms with Gasteiger partial charge in [0, 0.05) is 34.1 Å². The minimum Gasteiger partial charge on any atom is -0.508 e. The van der Waals surface area contributed by atoms with Gasteiger partial charge in [-0.25, -0.2) is 0 Å². The molecule has 0 bridgehead atoms. The van der Waals surface area contributed by atoms with Gasteiger partial charge in [-0.1, -0.05) is 0 Å². The Kier molecular flexibility index (Phi) is 8.31. The Morgan fingerprint density at radius 1 is 0.850 bits per heavy atom. The molecule has 20 heavy (non-hydrogen) atoms. The summed E-state index contributed by atoms with van der Waals surface area (Å²) in [5.74, 6) is 0.232. The van der Waals surface area contributed by atoms with Crippen molar-refractivity contribution in [3.05, 3.63) is 24.3 Å². The lowest BCUT2D eigenvalue weighted by Crippen LogP contribution is -2.25. The predicted molar refractivity (Wildman–Crippen MR) is 82.2 cm³/mol. The van der Waals surface area contributed by atoms with Gasteiger partial charge in [0.2, 0.25) is 0 Å². The van der Waals surface area contributed by atoms with Gasteiger partial charge in [-0.3, -0.25) is 0 Å². The van der Waals surface area contributed by atoms with Crippen molar-refractivity contribution in [3.8, 4) is 5.75 Å². The Morgan fingerprint density at radius 3 is 1.60 bits per heavy atom. The zero-order chi connectivity index (χ0) is 15.0. The van der Waals surface area contributed by atoms with Crippen LogP contribution >= 0.6 is 16.8 Å². The largest absolute Gasteiger partial charge is 0.508 e. The second-order valence-electron chi connectivity index (χ2n) is 3.73. The Morgan fingerprint density at radius 2 is 1.25 bits per heavy atom. The van der Waals surface area contributed by atoms with E-state index in [2.05, 4.69) is 4.90 Å². The Balaban J connectivity index is 2.85. The normalized spacial score (nSPS) is 11.3. The third kappa shape index (κ3) is 5.49. The molecule has 0 saturated carbocycles. The van der Waals surface area contributed by atoms with Gasteiger partial charge in [0.05, 0.1) is 12.6 Å². The van der Waals surface area contributed by atoms with Crippen LogP contribution in [0.2, 0.25) is 0 Å². The van der Waals surface area contributed by atoms with Crippen LogP contribution in [-0.4, -0.2) is 46.1 Å². The maximum Gasteiger partial charge on any atom is 0.190 e. The summed E-state index contributed by atoms with van der Waals surface area (Å²) in [7, 11) is 4.49. The van der Waals surface area contributed by atoms with Gasteiger partial charge in [-0.15, -0.1) is 0 Å². The molecule has 0 saturated heterocycles. The summed E-state index contributed by atoms with van der Waals surface area (Å²) in [6, 6.07) is 6.97. The molecule has 6 nitrogen and oxygen atoms in total. The molecule has 0 unspecified atom stereocenters. The lowest BCUT2D eigenvalue weighted by molar-refractivity contribution is 0.335. The molecule has 0 radical (unpaired) electrons. The van der Waals surface area contributed by atoms with Crippen LogP contribution in [0, 0.1) is 0 Å². The minimum absolute atomic E-state index is 0.232. The summed E-state index contributed by atoms with van der Waals surface area (Å²) in [5.41, 5.74) is 0.950. The molecule has 114 valence electrons. The number of hydrogen-bond donors (Lipinski definition) is 1. The quantitative estimate of drug-likeness (QED) is 0.704. The number of phenols is 1. The highest BCUT2D eigenvalue weighted by molar-refractivity contribution is 7.48. The molecule has 8 heteroatoms. The van der Waals surface area contributed by atoms with Crippen molar-refractivity contribution >= 4 is 22.4 Å². The molecule has 0 spiro atoms. The van der Waals surface area contributed by atoms with Gasteiger partial charge < -0.3 is 28.1 Å². The molecule has 1 N–H and O–H groups in total. The van der Waals surface area contributed by atoms with Crippen molar-refractivity contribution in [1.29, 1.82) is 0 Å². The van der Waals surface area contributed by atoms with Crippen LogP contribution in [0.15, 0.2) is 24.3 Å². The zero-order valence-corrected chi connectivity index (χ0v) is 13.9. The number of anilines is 1. The molecule has 1 aromatic carbocycles. The molecule has 0 amide bonds. The van der Waals surface area contributed by atoms with E-state index in [4.69, 9.17) is 18.1 Å². The molecule has 0 aliphatic rings. The van der Waals surface area contributed by atoms with E-state index in [1.807, 2.05) is 12.1 Å². The fraction of sp³-hybridized carbons (Fsp3) is 0.500. The van der Waals surface area contributed by atoms with E-state index >= 15 is 0 Å². The maximum atomic E-state index is 9.38. The van der Waals surface area contributed by atoms with Crippen molar-refractivity contribution in [3.63, 3.8) is 0 Å². The highest BCUT2D eigenvalue weighted by Gasteiger charge is 2.19. The van der Waals surface area contributed by atoms with Gasteiger partial charge in [0.1, 0.15) is 5.75 Å². The molecular weight excluding hydrogens is 300 g/mol. The third-order valence-corrected chi connectivity index (χ3v) is 5.38. The molecule has 1 aromatic rings. The number of aromatic hydroxyl groups is 1. The Hall–Kier alpha value is -0.480. The summed E-state index contributed by atoms with van der Waals surface area (Å²) < 4.78 is 21.2. The van der Waals surface area contributed by atoms with Crippen LogP contribution in [0.5, 0.6) is 5.75 Å². The number of benzene rings is 1. The highest BCUT2D eigenvalue weighted by atomic mass is 31.2. The molecule has 0 aliphatic carbocycles. The second kappa shape index (κ2) is 9.46. The van der Waals surface area contributed by atoms with E-state index in [1.54, 1.807) is 40.6 Å². The van der Waals surface area contributed by atoms with Gasteiger partial charge in [0.15, 0.2) is 16.8 Å². The van der Waals surface area contributed by atoms with E-state index in [-0.39, 0.29) is 5.75 Å². The van der Waals surface area contributed by atoms with Crippen LogP contribution in [0.3, 0.4) is 0 Å². The SMILES string of the molecule is COP(CN(CP(OC)OC)c1ccc(O)cc1)OC. The first-order valence-electron chi connectivity index (χ1n) is 5.90. The van der Waals surface area contributed by atoms with Gasteiger partial charge in [-0.05, 0) is 24.3 Å². The zero-order valence-electron chi connectivity index (χ0n) is 12.1. The van der Waals surface area contributed by atoms with Crippen LogP contribution in [0.1, 0.15) is 0 Å². The van der Waals surface area contributed by atoms with Gasteiger partial charge >= 0.3 is 0 Å². The van der Waals surface area contributed by atoms with Crippen molar-refractivity contribution in [2.75, 3.05) is 45.9 Å². The first-order chi connectivity index (χ1) is 9.64. The summed E-state index contributed by atoms with van der Waals surface area (Å²) in [4.78, 5) is 2.07. The first-order valence-corrected chi connectivity index (χ1v) is 8.62. The summed E-state index contributed by atoms with van der Waals surface area (Å²) >= 11 is 0. The van der Waals surface area contributed by atoms with Crippen LogP contribution in [-0.2, 0) is 18.1 Å². The topological polar surface area (TPSA) is 60.4 Å². The molecule has 0 aromatic heterocycles. The maximum absolute atomic E-state index is 9.38. The minimum atomic E-state index is -1.00. The molecular formula is C12H21NO5P2. The van der Waals surface area contributed by atoms with Crippen molar-refractivity contribution < 1.29 is 23.2 Å². The van der Waals surface area contributed by atoms with Crippen LogP contribution < -0.4 is 4.90 Å². The van der Waals surface area contributed by atoms with E-state index in [0.29, 0.717) is 12.6 Å². The van der Waals surface area contributed by atoms with Gasteiger partial charge in [-0.2, -0.15) is 0 Å². The third-order valence-electron chi connectivity index (χ3n) is 2.60. The number of phenolic OH excluding ortho intramolecular Hbond substituents is 1. The molecule has 0 fully saturated rings. The average Bonchev–Trinajstić information content (AvgIpc) is 2.49. The Labute approximate surface area is 122 Å². The monoisotopic (exact) mass is 321 g/mol. The summed E-state index contributed by atoms with van der Waals surface area (Å²) in [6.07, 6.45) is 1.19. The van der Waals surface area contributed by atoms with E-state index in [0.717, 1.165) is 5.69 Å². The summed E-state index contributed by atoms with van der Waals surface area (Å²) in [5, 5.41) is 9.38. The van der Waals surface area contributed by atoms with Crippen molar-refractivity contribution in [2.24, 2.45) is 0 Å². The van der Waals surface area contributed by atoms with Crippen molar-refractivity contribution in [1.82, 2.24) is 0 Å². The Bertz CT molecular complexity index is 357. The molecule has 0 aliphatic heterocycles. The molecule has 1 rings (SSSR count). The van der Waals surface area contributed by atoms with Crippen molar-refractivity contribution in [2.45, 2.75) is 0 Å².